The molecule has 0 aliphatic rings. The number of rotatable bonds is 4. The number of carbonyl (C=O) groups excluding carboxylic acids is 1. The Morgan fingerprint density at radius 2 is 1.71 bits per heavy atom. The molecule has 0 spiro atoms. The van der Waals surface area contributed by atoms with Gasteiger partial charge < -0.3 is 5.32 Å². The number of aromatic nitrogens is 4. The van der Waals surface area contributed by atoms with Crippen LogP contribution < -0.4 is 5.32 Å². The second-order valence-corrected chi connectivity index (χ2v) is 6.47. The van der Waals surface area contributed by atoms with Crippen LogP contribution in [0.25, 0.3) is 5.65 Å². The lowest BCUT2D eigenvalue weighted by Gasteiger charge is -2.20. The Labute approximate surface area is 140 Å². The summed E-state index contributed by atoms with van der Waals surface area (Å²) in [7, 11) is 0. The quantitative estimate of drug-likeness (QED) is 0.796. The molecule has 0 bridgehead atoms. The molecule has 3 rings (SSSR count). The Morgan fingerprint density at radius 1 is 1.04 bits per heavy atom. The van der Waals surface area contributed by atoms with Gasteiger partial charge in [-0.05, 0) is 45.5 Å². The summed E-state index contributed by atoms with van der Waals surface area (Å²) in [5.74, 6) is 0.476. The van der Waals surface area contributed by atoms with Crippen LogP contribution in [0.5, 0.6) is 0 Å². The number of amides is 1. The van der Waals surface area contributed by atoms with Crippen molar-refractivity contribution < 1.29 is 4.79 Å². The molecule has 1 N–H and O–H groups in total. The fourth-order valence-electron chi connectivity index (χ4n) is 2.76. The minimum absolute atomic E-state index is 0.164. The molecule has 0 radical (unpaired) electrons. The van der Waals surface area contributed by atoms with E-state index in [2.05, 4.69) is 60.7 Å². The van der Waals surface area contributed by atoms with Crippen molar-refractivity contribution in [2.45, 2.75) is 39.5 Å². The predicted octanol–water partition coefficient (Wildman–Crippen LogP) is 3.62. The van der Waals surface area contributed by atoms with Gasteiger partial charge in [0, 0.05) is 11.9 Å². The normalized spacial score (nSPS) is 11.4. The van der Waals surface area contributed by atoms with E-state index in [4.69, 9.17) is 0 Å². The minimum atomic E-state index is -0.164. The van der Waals surface area contributed by atoms with Crippen molar-refractivity contribution in [3.8, 4) is 0 Å². The highest BCUT2D eigenvalue weighted by atomic mass is 16.1. The average molecular weight is 323 g/mol. The number of tetrazole rings is 1. The van der Waals surface area contributed by atoms with Crippen molar-refractivity contribution in [3.63, 3.8) is 0 Å². The highest BCUT2D eigenvalue weighted by Crippen LogP contribution is 2.32. The van der Waals surface area contributed by atoms with Gasteiger partial charge in [-0.1, -0.05) is 45.9 Å². The van der Waals surface area contributed by atoms with E-state index in [0.717, 1.165) is 16.8 Å². The predicted molar refractivity (Wildman–Crippen MR) is 93.4 cm³/mol. The van der Waals surface area contributed by atoms with Gasteiger partial charge in [-0.15, -0.1) is 5.10 Å². The summed E-state index contributed by atoms with van der Waals surface area (Å²) >= 11 is 0. The second-order valence-electron chi connectivity index (χ2n) is 6.47. The molecule has 1 aromatic carbocycles. The Balaban J connectivity index is 1.98. The van der Waals surface area contributed by atoms with E-state index in [0.29, 0.717) is 23.0 Å². The zero-order valence-electron chi connectivity index (χ0n) is 14.3. The molecule has 0 saturated heterocycles. The van der Waals surface area contributed by atoms with E-state index >= 15 is 0 Å². The van der Waals surface area contributed by atoms with Crippen LogP contribution in [0.3, 0.4) is 0 Å². The number of carbonyl (C=O) groups is 1. The lowest BCUT2D eigenvalue weighted by atomic mass is 9.92. The standard InChI is InChI=1S/C18H21N5O/c1-11(2)14-6-5-7-15(12(3)4)17(14)19-18(24)13-8-9-16-20-21-22-23(16)10-13/h5-12H,1-4H3,(H,19,24). The smallest absolute Gasteiger partial charge is 0.257 e. The first kappa shape index (κ1) is 16.1. The van der Waals surface area contributed by atoms with Crippen molar-refractivity contribution in [1.82, 2.24) is 20.0 Å². The van der Waals surface area contributed by atoms with Gasteiger partial charge in [-0.2, -0.15) is 4.52 Å². The number of fused-ring (bicyclic) bond motifs is 1. The van der Waals surface area contributed by atoms with Crippen LogP contribution in [-0.4, -0.2) is 25.9 Å². The van der Waals surface area contributed by atoms with Crippen LogP contribution in [0.2, 0.25) is 0 Å². The highest BCUT2D eigenvalue weighted by Gasteiger charge is 2.17. The fourth-order valence-corrected chi connectivity index (χ4v) is 2.76. The third-order valence-electron chi connectivity index (χ3n) is 4.07. The third-order valence-corrected chi connectivity index (χ3v) is 4.07. The number of para-hydroxylation sites is 1. The maximum absolute atomic E-state index is 12.7. The summed E-state index contributed by atoms with van der Waals surface area (Å²) in [6, 6.07) is 9.64. The lowest BCUT2D eigenvalue weighted by molar-refractivity contribution is 0.102. The topological polar surface area (TPSA) is 72.2 Å². The minimum Gasteiger partial charge on any atom is -0.321 e. The summed E-state index contributed by atoms with van der Waals surface area (Å²) in [5.41, 5.74) is 4.31. The van der Waals surface area contributed by atoms with Crippen LogP contribution in [-0.2, 0) is 0 Å². The Kier molecular flexibility index (Phi) is 4.29. The summed E-state index contributed by atoms with van der Waals surface area (Å²) < 4.78 is 1.49. The van der Waals surface area contributed by atoms with Crippen molar-refractivity contribution >= 4 is 17.2 Å². The Morgan fingerprint density at radius 3 is 2.33 bits per heavy atom. The molecule has 0 aliphatic carbocycles. The zero-order valence-corrected chi connectivity index (χ0v) is 14.3. The number of nitrogens with zero attached hydrogens (tertiary/aromatic N) is 4. The molecular weight excluding hydrogens is 302 g/mol. The maximum Gasteiger partial charge on any atom is 0.257 e. The Bertz CT molecular complexity index is 856. The van der Waals surface area contributed by atoms with Crippen molar-refractivity contribution in [1.29, 1.82) is 0 Å². The summed E-state index contributed by atoms with van der Waals surface area (Å²) in [6.07, 6.45) is 1.64. The monoisotopic (exact) mass is 323 g/mol. The molecule has 1 amide bonds. The molecule has 24 heavy (non-hydrogen) atoms. The first-order valence-electron chi connectivity index (χ1n) is 8.09. The molecule has 0 atom stereocenters. The maximum atomic E-state index is 12.7. The third kappa shape index (κ3) is 2.99. The second kappa shape index (κ2) is 6.39. The number of benzene rings is 1. The van der Waals surface area contributed by atoms with Crippen molar-refractivity contribution in [2.75, 3.05) is 5.32 Å². The van der Waals surface area contributed by atoms with Gasteiger partial charge in [0.15, 0.2) is 5.65 Å². The molecule has 3 aromatic rings. The molecular formula is C18H21N5O. The van der Waals surface area contributed by atoms with Crippen LogP contribution >= 0.6 is 0 Å². The number of pyridine rings is 1. The first-order chi connectivity index (χ1) is 11.5. The molecule has 2 heterocycles. The molecule has 124 valence electrons. The number of hydrogen-bond acceptors (Lipinski definition) is 4. The van der Waals surface area contributed by atoms with E-state index in [1.807, 2.05) is 6.07 Å². The molecule has 6 heteroatoms. The van der Waals surface area contributed by atoms with E-state index in [1.165, 1.54) is 4.52 Å². The first-order valence-corrected chi connectivity index (χ1v) is 8.09. The Hall–Kier alpha value is -2.76. The van der Waals surface area contributed by atoms with Crippen LogP contribution in [0, 0.1) is 0 Å². The largest absolute Gasteiger partial charge is 0.321 e. The van der Waals surface area contributed by atoms with E-state index in [1.54, 1.807) is 18.3 Å². The highest BCUT2D eigenvalue weighted by molar-refractivity contribution is 6.05. The number of nitrogens with one attached hydrogen (secondary N) is 1. The SMILES string of the molecule is CC(C)c1cccc(C(C)C)c1NC(=O)c1ccc2nnnn2c1. The fraction of sp³-hybridized carbons (Fsp3) is 0.333. The van der Waals surface area contributed by atoms with Gasteiger partial charge in [0.1, 0.15) is 0 Å². The van der Waals surface area contributed by atoms with Crippen LogP contribution in [0.1, 0.15) is 61.0 Å². The summed E-state index contributed by atoms with van der Waals surface area (Å²) in [5, 5.41) is 14.4. The average Bonchev–Trinajstić information content (AvgIpc) is 3.02. The van der Waals surface area contributed by atoms with E-state index in [-0.39, 0.29) is 5.91 Å². The molecule has 0 unspecified atom stereocenters. The van der Waals surface area contributed by atoms with Gasteiger partial charge in [0.05, 0.1) is 5.56 Å². The molecule has 0 aliphatic heterocycles. The lowest BCUT2D eigenvalue weighted by Crippen LogP contribution is -2.16. The molecule has 0 fully saturated rings. The van der Waals surface area contributed by atoms with E-state index in [9.17, 15) is 4.79 Å². The summed E-state index contributed by atoms with van der Waals surface area (Å²) in [4.78, 5) is 12.7. The number of anilines is 1. The van der Waals surface area contributed by atoms with Gasteiger partial charge in [0.25, 0.3) is 5.91 Å². The molecule has 6 nitrogen and oxygen atoms in total. The van der Waals surface area contributed by atoms with Gasteiger partial charge in [0.2, 0.25) is 0 Å². The zero-order chi connectivity index (χ0) is 17.3. The van der Waals surface area contributed by atoms with Crippen LogP contribution in [0.15, 0.2) is 36.5 Å². The number of hydrogen-bond donors (Lipinski definition) is 1. The van der Waals surface area contributed by atoms with Gasteiger partial charge in [-0.3, -0.25) is 4.79 Å². The van der Waals surface area contributed by atoms with E-state index < -0.39 is 0 Å². The summed E-state index contributed by atoms with van der Waals surface area (Å²) in [6.45, 7) is 8.51. The molecule has 0 saturated carbocycles. The van der Waals surface area contributed by atoms with Gasteiger partial charge in [-0.25, -0.2) is 0 Å². The molecule has 2 aromatic heterocycles. The van der Waals surface area contributed by atoms with Crippen molar-refractivity contribution in [3.05, 3.63) is 53.2 Å². The van der Waals surface area contributed by atoms with Crippen LogP contribution in [0.4, 0.5) is 5.69 Å². The van der Waals surface area contributed by atoms with Crippen molar-refractivity contribution in [2.24, 2.45) is 0 Å². The van der Waals surface area contributed by atoms with Gasteiger partial charge >= 0.3 is 0 Å².